The molecule has 4 aromatic rings. The Labute approximate surface area is 183 Å². The number of aromatic nitrogens is 1. The summed E-state index contributed by atoms with van der Waals surface area (Å²) in [7, 11) is 0. The number of ether oxygens (including phenoxy) is 2. The van der Waals surface area contributed by atoms with Crippen molar-refractivity contribution in [2.75, 3.05) is 17.4 Å². The van der Waals surface area contributed by atoms with Gasteiger partial charge in [-0.3, -0.25) is 5.32 Å². The van der Waals surface area contributed by atoms with Gasteiger partial charge in [-0.2, -0.15) is 0 Å². The summed E-state index contributed by atoms with van der Waals surface area (Å²) in [5.74, 6) is 1.29. The van der Waals surface area contributed by atoms with Gasteiger partial charge in [0.25, 0.3) is 0 Å². The number of hydrogen-bond donors (Lipinski definition) is 2. The van der Waals surface area contributed by atoms with Crippen molar-refractivity contribution in [2.45, 2.75) is 6.42 Å². The molecule has 0 spiro atoms. The molecule has 2 heterocycles. The smallest absolute Gasteiger partial charge is 0.325 e. The third-order valence-electron chi connectivity index (χ3n) is 4.86. The van der Waals surface area contributed by atoms with E-state index in [9.17, 15) is 4.79 Å². The molecule has 0 saturated carbocycles. The number of amides is 2. The van der Waals surface area contributed by atoms with Crippen LogP contribution in [0.25, 0.3) is 11.3 Å². The molecule has 0 aliphatic carbocycles. The Hall–Kier alpha value is -3.84. The fourth-order valence-corrected chi connectivity index (χ4v) is 4.04. The normalized spacial score (nSPS) is 11.9. The quantitative estimate of drug-likeness (QED) is 0.422. The molecule has 31 heavy (non-hydrogen) atoms. The van der Waals surface area contributed by atoms with Gasteiger partial charge < -0.3 is 14.8 Å². The summed E-state index contributed by atoms with van der Waals surface area (Å²) in [6, 6.07) is 23.6. The SMILES string of the molecule is O=C(Nc1ccc2c(c1)OCO2)Nc1nc(-c2ccc(Cc3ccccc3)cc2)cs1. The lowest BCUT2D eigenvalue weighted by Gasteiger charge is -2.06. The Balaban J connectivity index is 1.21. The Morgan fingerprint density at radius 3 is 2.52 bits per heavy atom. The molecule has 1 aliphatic rings. The maximum absolute atomic E-state index is 12.3. The standard InChI is InChI=1S/C24H19N3O3S/c28-23(25-19-10-11-21-22(13-19)30-15-29-21)27-24-26-20(14-31-24)18-8-6-17(7-9-18)12-16-4-2-1-3-5-16/h1-11,13-14H,12,15H2,(H2,25,26,27,28). The first-order chi connectivity index (χ1) is 15.2. The summed E-state index contributed by atoms with van der Waals surface area (Å²) in [4.78, 5) is 16.9. The Kier molecular flexibility index (Phi) is 5.24. The molecule has 0 radical (unpaired) electrons. The predicted octanol–water partition coefficient (Wildman–Crippen LogP) is 5.77. The molecule has 1 aliphatic heterocycles. The van der Waals surface area contributed by atoms with E-state index in [1.54, 1.807) is 18.2 Å². The topological polar surface area (TPSA) is 72.5 Å². The first-order valence-corrected chi connectivity index (χ1v) is 10.7. The molecule has 1 aromatic heterocycles. The summed E-state index contributed by atoms with van der Waals surface area (Å²) < 4.78 is 10.6. The lowest BCUT2D eigenvalue weighted by atomic mass is 10.0. The predicted molar refractivity (Wildman–Crippen MR) is 122 cm³/mol. The van der Waals surface area contributed by atoms with Crippen LogP contribution in [0, 0.1) is 0 Å². The molecular weight excluding hydrogens is 410 g/mol. The molecular formula is C24H19N3O3S. The third kappa shape index (κ3) is 4.51. The van der Waals surface area contributed by atoms with Gasteiger partial charge in [-0.25, -0.2) is 9.78 Å². The van der Waals surface area contributed by atoms with Crippen LogP contribution in [0.4, 0.5) is 15.6 Å². The van der Waals surface area contributed by atoms with Gasteiger partial charge in [0.2, 0.25) is 6.79 Å². The van der Waals surface area contributed by atoms with Crippen LogP contribution in [0.2, 0.25) is 0 Å². The first-order valence-electron chi connectivity index (χ1n) is 9.79. The molecule has 0 unspecified atom stereocenters. The minimum Gasteiger partial charge on any atom is -0.454 e. The second-order valence-corrected chi connectivity index (χ2v) is 7.90. The zero-order valence-corrected chi connectivity index (χ0v) is 17.3. The Bertz CT molecular complexity index is 1210. The third-order valence-corrected chi connectivity index (χ3v) is 5.61. The largest absolute Gasteiger partial charge is 0.454 e. The van der Waals surface area contributed by atoms with Gasteiger partial charge >= 0.3 is 6.03 Å². The van der Waals surface area contributed by atoms with Crippen molar-refractivity contribution in [2.24, 2.45) is 0 Å². The van der Waals surface area contributed by atoms with E-state index in [0.29, 0.717) is 22.3 Å². The average Bonchev–Trinajstić information content (AvgIpc) is 3.44. The number of rotatable bonds is 5. The maximum Gasteiger partial charge on any atom is 0.325 e. The molecule has 0 atom stereocenters. The van der Waals surface area contributed by atoms with Crippen LogP contribution < -0.4 is 20.1 Å². The van der Waals surface area contributed by atoms with E-state index in [1.807, 2.05) is 11.4 Å². The lowest BCUT2D eigenvalue weighted by Crippen LogP contribution is -2.19. The van der Waals surface area contributed by atoms with Crippen molar-refractivity contribution in [1.29, 1.82) is 0 Å². The Morgan fingerprint density at radius 2 is 1.68 bits per heavy atom. The van der Waals surface area contributed by atoms with Crippen molar-refractivity contribution in [3.8, 4) is 22.8 Å². The summed E-state index contributed by atoms with van der Waals surface area (Å²) in [6.45, 7) is 0.195. The molecule has 154 valence electrons. The Morgan fingerprint density at radius 1 is 0.903 bits per heavy atom. The number of nitrogens with zero attached hydrogens (tertiary/aromatic N) is 1. The van der Waals surface area contributed by atoms with Crippen LogP contribution in [0.15, 0.2) is 78.2 Å². The van der Waals surface area contributed by atoms with Crippen molar-refractivity contribution in [1.82, 2.24) is 4.98 Å². The van der Waals surface area contributed by atoms with Gasteiger partial charge in [-0.15, -0.1) is 11.3 Å². The highest BCUT2D eigenvalue weighted by Crippen LogP contribution is 2.34. The van der Waals surface area contributed by atoms with Crippen LogP contribution in [0.3, 0.4) is 0 Å². The summed E-state index contributed by atoms with van der Waals surface area (Å²) >= 11 is 1.38. The molecule has 0 saturated heterocycles. The minimum absolute atomic E-state index is 0.195. The van der Waals surface area contributed by atoms with Gasteiger partial charge in [-0.05, 0) is 29.7 Å². The number of carbonyl (C=O) groups excluding carboxylic acids is 1. The summed E-state index contributed by atoms with van der Waals surface area (Å²) in [6.07, 6.45) is 0.894. The molecule has 0 fully saturated rings. The second kappa shape index (κ2) is 8.49. The maximum atomic E-state index is 12.3. The van der Waals surface area contributed by atoms with Gasteiger partial charge in [0, 0.05) is 22.7 Å². The van der Waals surface area contributed by atoms with Crippen molar-refractivity contribution < 1.29 is 14.3 Å². The molecule has 2 N–H and O–H groups in total. The van der Waals surface area contributed by atoms with Crippen LogP contribution in [-0.4, -0.2) is 17.8 Å². The van der Waals surface area contributed by atoms with Crippen LogP contribution in [0.1, 0.15) is 11.1 Å². The van der Waals surface area contributed by atoms with Crippen molar-refractivity contribution >= 4 is 28.2 Å². The highest BCUT2D eigenvalue weighted by Gasteiger charge is 2.14. The fraction of sp³-hybridized carbons (Fsp3) is 0.0833. The number of benzene rings is 3. The minimum atomic E-state index is -0.363. The van der Waals surface area contributed by atoms with E-state index < -0.39 is 0 Å². The first kappa shape index (κ1) is 19.1. The summed E-state index contributed by atoms with van der Waals surface area (Å²) in [5, 5.41) is 8.02. The van der Waals surface area contributed by atoms with E-state index in [0.717, 1.165) is 17.7 Å². The van der Waals surface area contributed by atoms with Gasteiger partial charge in [0.05, 0.1) is 5.69 Å². The zero-order chi connectivity index (χ0) is 21.0. The molecule has 3 aromatic carbocycles. The average molecular weight is 430 g/mol. The number of thiazole rings is 1. The van der Waals surface area contributed by atoms with Crippen molar-refractivity contribution in [3.63, 3.8) is 0 Å². The van der Waals surface area contributed by atoms with Gasteiger partial charge in [0.1, 0.15) is 0 Å². The van der Waals surface area contributed by atoms with Crippen molar-refractivity contribution in [3.05, 3.63) is 89.3 Å². The van der Waals surface area contributed by atoms with Crippen LogP contribution in [0.5, 0.6) is 11.5 Å². The molecule has 6 nitrogen and oxygen atoms in total. The van der Waals surface area contributed by atoms with Crippen LogP contribution >= 0.6 is 11.3 Å². The highest BCUT2D eigenvalue weighted by atomic mass is 32.1. The monoisotopic (exact) mass is 429 g/mol. The number of fused-ring (bicyclic) bond motifs is 1. The number of urea groups is 1. The molecule has 5 rings (SSSR count). The van der Waals surface area contributed by atoms with E-state index >= 15 is 0 Å². The van der Waals surface area contributed by atoms with E-state index in [4.69, 9.17) is 9.47 Å². The van der Waals surface area contributed by atoms with E-state index in [1.165, 1.54) is 22.5 Å². The number of hydrogen-bond acceptors (Lipinski definition) is 5. The van der Waals surface area contributed by atoms with Gasteiger partial charge in [0.15, 0.2) is 16.6 Å². The number of nitrogens with one attached hydrogen (secondary N) is 2. The molecule has 2 amide bonds. The highest BCUT2D eigenvalue weighted by molar-refractivity contribution is 7.14. The van der Waals surface area contributed by atoms with Gasteiger partial charge in [-0.1, -0.05) is 54.6 Å². The number of anilines is 2. The number of carbonyl (C=O) groups is 1. The lowest BCUT2D eigenvalue weighted by molar-refractivity contribution is 0.174. The van der Waals surface area contributed by atoms with Crippen LogP contribution in [-0.2, 0) is 6.42 Å². The molecule has 0 bridgehead atoms. The zero-order valence-electron chi connectivity index (χ0n) is 16.5. The summed E-state index contributed by atoms with van der Waals surface area (Å²) in [5.41, 5.74) is 4.98. The fourth-order valence-electron chi connectivity index (χ4n) is 3.32. The molecule has 7 heteroatoms. The second-order valence-electron chi connectivity index (χ2n) is 7.04. The van der Waals surface area contributed by atoms with E-state index in [2.05, 4.69) is 64.1 Å². The van der Waals surface area contributed by atoms with E-state index in [-0.39, 0.29) is 12.8 Å².